The van der Waals surface area contributed by atoms with Gasteiger partial charge < -0.3 is 28.7 Å². The molecule has 0 radical (unpaired) electrons. The number of rotatable bonds is 13. The van der Waals surface area contributed by atoms with Crippen LogP contribution in [0.2, 0.25) is 0 Å². The van der Waals surface area contributed by atoms with Crippen molar-refractivity contribution < 1.29 is 32.5 Å². The van der Waals surface area contributed by atoms with Crippen LogP contribution in [-0.4, -0.2) is 87.7 Å². The van der Waals surface area contributed by atoms with Gasteiger partial charge in [0.1, 0.15) is 55.6 Å². The van der Waals surface area contributed by atoms with Gasteiger partial charge in [-0.25, -0.2) is 32.6 Å². The lowest BCUT2D eigenvalue weighted by Crippen LogP contribution is -2.46. The Morgan fingerprint density at radius 3 is 2.24 bits per heavy atom. The van der Waals surface area contributed by atoms with Crippen LogP contribution in [0.5, 0.6) is 5.75 Å². The molecule has 17 heteroatoms. The van der Waals surface area contributed by atoms with Crippen molar-refractivity contribution in [2.24, 2.45) is 0 Å². The van der Waals surface area contributed by atoms with Crippen molar-refractivity contribution in [3.63, 3.8) is 0 Å². The van der Waals surface area contributed by atoms with Crippen molar-refractivity contribution in [1.29, 1.82) is 0 Å². The fourth-order valence-electron chi connectivity index (χ4n) is 6.78. The number of ether oxygens (including phenoxy) is 4. The van der Waals surface area contributed by atoms with Crippen LogP contribution in [0.15, 0.2) is 90.5 Å². The summed E-state index contributed by atoms with van der Waals surface area (Å²) in [5, 5.41) is 8.24. The average molecular weight is 765 g/mol. The Morgan fingerprint density at radius 2 is 1.63 bits per heavy atom. The highest BCUT2D eigenvalue weighted by Crippen LogP contribution is 2.38. The molecule has 3 atom stereocenters. The number of halogens is 3. The van der Waals surface area contributed by atoms with E-state index in [2.05, 4.69) is 25.0 Å². The van der Waals surface area contributed by atoms with Gasteiger partial charge in [0.15, 0.2) is 0 Å². The molecule has 2 fully saturated rings. The van der Waals surface area contributed by atoms with Gasteiger partial charge in [-0.3, -0.25) is 0 Å². The van der Waals surface area contributed by atoms with Crippen LogP contribution in [0.4, 0.5) is 20.2 Å². The third-order valence-electron chi connectivity index (χ3n) is 9.53. The molecule has 5 aromatic rings. The molecule has 0 aliphatic carbocycles. The van der Waals surface area contributed by atoms with E-state index >= 15 is 0 Å². The van der Waals surface area contributed by atoms with Crippen LogP contribution in [0, 0.1) is 11.6 Å². The Hall–Kier alpha value is -5.32. The number of esters is 1. The number of carbonyl (C=O) groups excluding carboxylic acids is 1. The second-order valence-electron chi connectivity index (χ2n) is 13.0. The fourth-order valence-corrected chi connectivity index (χ4v) is 7.16. The van der Waals surface area contributed by atoms with Crippen molar-refractivity contribution in [3.8, 4) is 11.4 Å². The van der Waals surface area contributed by atoms with Crippen LogP contribution < -0.4 is 20.2 Å². The Morgan fingerprint density at radius 1 is 0.963 bits per heavy atom. The van der Waals surface area contributed by atoms with E-state index in [1.807, 2.05) is 55.5 Å². The first-order chi connectivity index (χ1) is 26.1. The van der Waals surface area contributed by atoms with Gasteiger partial charge in [0.25, 0.3) is 0 Å². The number of piperazine rings is 1. The van der Waals surface area contributed by atoms with Crippen molar-refractivity contribution in [2.75, 3.05) is 56.3 Å². The number of hydrogen-bond acceptors (Lipinski definition) is 11. The number of carbonyl (C=O) groups is 1. The summed E-state index contributed by atoms with van der Waals surface area (Å²) < 4.78 is 55.5. The highest BCUT2D eigenvalue weighted by atomic mass is 35.5. The van der Waals surface area contributed by atoms with E-state index in [-0.39, 0.29) is 31.7 Å². The van der Waals surface area contributed by atoms with Gasteiger partial charge in [-0.1, -0.05) is 24.9 Å². The SMILES string of the molecule is CCC[C@](Cl)(C(=O)OC)n1ncn(-c2ccc(N3CCN(c4ccc(OC[C@@H]5CO[C@@](Cn6cncn6)(c6ccc(F)cc6F)O5)cc4)CC3)cc2)c1=O. The number of nitrogens with zero attached hydrogens (tertiary/aromatic N) is 8. The van der Waals surface area contributed by atoms with E-state index in [0.29, 0.717) is 17.9 Å². The standard InChI is InChI=1S/C37H39ClF2N8O6/c1-3-14-36(38,34(49)51-2)48-35(50)47(25-43-48)29-7-5-27(6-8-29)44-15-17-45(18-16-44)28-9-11-30(12-10-28)52-20-31-21-53-37(54-31,22-46-24-41-23-42-46)32-13-4-26(39)19-33(32)40/h4-13,19,23-25,31H,3,14-18,20-22H2,1-2H3/t31-,36-,37-/m1/s1. The summed E-state index contributed by atoms with van der Waals surface area (Å²) in [6.07, 6.45) is 4.38. The normalized spacial score (nSPS) is 19.8. The van der Waals surface area contributed by atoms with Crippen molar-refractivity contribution in [3.05, 3.63) is 113 Å². The maximum atomic E-state index is 14.9. The van der Waals surface area contributed by atoms with E-state index < -0.39 is 40.2 Å². The molecule has 2 aliphatic heterocycles. The first-order valence-corrected chi connectivity index (χ1v) is 17.9. The zero-order valence-corrected chi connectivity index (χ0v) is 30.4. The molecule has 2 aromatic heterocycles. The van der Waals surface area contributed by atoms with Crippen molar-refractivity contribution >= 4 is 28.9 Å². The zero-order chi connectivity index (χ0) is 37.9. The topological polar surface area (TPSA) is 131 Å². The second kappa shape index (κ2) is 15.6. The fraction of sp³-hybridized carbons (Fsp3) is 0.378. The summed E-state index contributed by atoms with van der Waals surface area (Å²) in [5.74, 6) is -3.12. The molecule has 14 nitrogen and oxygen atoms in total. The molecule has 54 heavy (non-hydrogen) atoms. The molecular formula is C37H39ClF2N8O6. The monoisotopic (exact) mass is 764 g/mol. The number of aromatic nitrogens is 6. The van der Waals surface area contributed by atoms with Gasteiger partial charge in [0.05, 0.1) is 19.4 Å². The lowest BCUT2D eigenvalue weighted by Gasteiger charge is -2.37. The Balaban J connectivity index is 0.929. The number of hydrogen-bond donors (Lipinski definition) is 0. The molecule has 0 bridgehead atoms. The van der Waals surface area contributed by atoms with Crippen LogP contribution in [0.1, 0.15) is 25.3 Å². The summed E-state index contributed by atoms with van der Waals surface area (Å²) in [6, 6.07) is 18.6. The number of anilines is 2. The maximum absolute atomic E-state index is 14.9. The molecule has 4 heterocycles. The van der Waals surface area contributed by atoms with Gasteiger partial charge >= 0.3 is 11.7 Å². The predicted molar refractivity (Wildman–Crippen MR) is 194 cm³/mol. The molecule has 0 amide bonds. The van der Waals surface area contributed by atoms with Gasteiger partial charge in [-0.2, -0.15) is 14.9 Å². The zero-order valence-electron chi connectivity index (χ0n) is 29.7. The molecule has 0 spiro atoms. The van der Waals surface area contributed by atoms with E-state index in [4.69, 9.17) is 30.5 Å². The Bertz CT molecular complexity index is 2110. The molecule has 2 saturated heterocycles. The summed E-state index contributed by atoms with van der Waals surface area (Å²) in [7, 11) is 1.23. The first-order valence-electron chi connectivity index (χ1n) is 17.5. The number of methoxy groups -OCH3 is 1. The summed E-state index contributed by atoms with van der Waals surface area (Å²) in [6.45, 7) is 5.29. The molecular weight excluding hydrogens is 726 g/mol. The van der Waals surface area contributed by atoms with Crippen molar-refractivity contribution in [1.82, 2.24) is 29.1 Å². The van der Waals surface area contributed by atoms with Crippen LogP contribution in [-0.2, 0) is 36.3 Å². The van der Waals surface area contributed by atoms with Crippen LogP contribution >= 0.6 is 11.6 Å². The summed E-state index contributed by atoms with van der Waals surface area (Å²) in [4.78, 5) is 32.5. The minimum absolute atomic E-state index is 0.0155. The third kappa shape index (κ3) is 7.41. The first kappa shape index (κ1) is 37.0. The molecule has 7 rings (SSSR count). The summed E-state index contributed by atoms with van der Waals surface area (Å²) >= 11 is 6.57. The molecule has 284 valence electrons. The Labute approximate surface area is 314 Å². The lowest BCUT2D eigenvalue weighted by molar-refractivity contribution is -0.192. The number of benzene rings is 3. The van der Waals surface area contributed by atoms with Gasteiger partial charge in [-0.05, 0) is 67.1 Å². The highest BCUT2D eigenvalue weighted by molar-refractivity contribution is 6.31. The van der Waals surface area contributed by atoms with Gasteiger partial charge in [0.2, 0.25) is 10.8 Å². The van der Waals surface area contributed by atoms with E-state index in [9.17, 15) is 18.4 Å². The molecule has 0 saturated carbocycles. The van der Waals surface area contributed by atoms with Crippen LogP contribution in [0.25, 0.3) is 5.69 Å². The van der Waals surface area contributed by atoms with Gasteiger partial charge in [0, 0.05) is 49.2 Å². The van der Waals surface area contributed by atoms with Crippen molar-refractivity contribution in [2.45, 2.75) is 43.2 Å². The average Bonchev–Trinajstić information content (AvgIpc) is 3.95. The Kier molecular flexibility index (Phi) is 10.7. The third-order valence-corrected chi connectivity index (χ3v) is 10.0. The quantitative estimate of drug-likeness (QED) is 0.125. The van der Waals surface area contributed by atoms with E-state index in [0.717, 1.165) is 54.4 Å². The summed E-state index contributed by atoms with van der Waals surface area (Å²) in [5.41, 5.74) is 2.19. The smallest absolute Gasteiger partial charge is 0.352 e. The predicted octanol–water partition coefficient (Wildman–Crippen LogP) is 4.44. The molecule has 3 aromatic carbocycles. The molecule has 0 N–H and O–H groups in total. The lowest BCUT2D eigenvalue weighted by atomic mass is 10.0. The molecule has 2 aliphatic rings. The largest absolute Gasteiger partial charge is 0.491 e. The van der Waals surface area contributed by atoms with E-state index in [1.54, 1.807) is 0 Å². The minimum Gasteiger partial charge on any atom is -0.491 e. The maximum Gasteiger partial charge on any atom is 0.352 e. The van der Waals surface area contributed by atoms with Gasteiger partial charge in [-0.15, -0.1) is 0 Å². The van der Waals surface area contributed by atoms with E-state index in [1.165, 1.54) is 41.4 Å². The second-order valence-corrected chi connectivity index (χ2v) is 13.6. The minimum atomic E-state index is -1.72. The van der Waals surface area contributed by atoms with Crippen LogP contribution in [0.3, 0.4) is 0 Å². The number of alkyl halides is 1. The molecule has 0 unspecified atom stereocenters. The highest BCUT2D eigenvalue weighted by Gasteiger charge is 2.46.